The predicted octanol–water partition coefficient (Wildman–Crippen LogP) is 5.06. The fourth-order valence-corrected chi connectivity index (χ4v) is 2.39. The van der Waals surface area contributed by atoms with Crippen molar-refractivity contribution in [2.24, 2.45) is 0 Å². The molecule has 0 aromatic heterocycles. The Morgan fingerprint density at radius 1 is 1.25 bits per heavy atom. The zero-order chi connectivity index (χ0) is 14.5. The van der Waals surface area contributed by atoms with Crippen molar-refractivity contribution >= 4 is 45.2 Å². The summed E-state index contributed by atoms with van der Waals surface area (Å²) >= 11 is 9.41. The van der Waals surface area contributed by atoms with E-state index in [1.807, 2.05) is 43.3 Å². The fourth-order valence-electron chi connectivity index (χ4n) is 1.72. The molecule has 4 heteroatoms. The van der Waals surface area contributed by atoms with Crippen LogP contribution in [0.2, 0.25) is 5.02 Å². The van der Waals surface area contributed by atoms with Gasteiger partial charge in [-0.05, 0) is 48.4 Å². The standard InChI is InChI=1S/C16H13BrClNO/c1-11-10-13(17)7-8-15(11)19-16(20)9-6-12-4-2-3-5-14(12)18/h2-10H,1H3,(H,19,20)/b9-6+. The topological polar surface area (TPSA) is 29.1 Å². The molecule has 0 aliphatic heterocycles. The Bertz CT molecular complexity index is 667. The molecule has 1 amide bonds. The third kappa shape index (κ3) is 3.95. The minimum absolute atomic E-state index is 0.185. The summed E-state index contributed by atoms with van der Waals surface area (Å²) in [6.07, 6.45) is 3.18. The van der Waals surface area contributed by atoms with Crippen LogP contribution in [0.4, 0.5) is 5.69 Å². The van der Waals surface area contributed by atoms with Gasteiger partial charge in [0.05, 0.1) is 0 Å². The number of amides is 1. The Kier molecular flexibility index (Phi) is 4.99. The van der Waals surface area contributed by atoms with Crippen molar-refractivity contribution in [3.63, 3.8) is 0 Å². The molecule has 2 aromatic rings. The molecule has 0 unspecified atom stereocenters. The molecule has 0 spiro atoms. The maximum absolute atomic E-state index is 11.9. The highest BCUT2D eigenvalue weighted by Crippen LogP contribution is 2.20. The van der Waals surface area contributed by atoms with E-state index in [4.69, 9.17) is 11.6 Å². The molecule has 0 fully saturated rings. The van der Waals surface area contributed by atoms with E-state index in [1.54, 1.807) is 12.1 Å². The van der Waals surface area contributed by atoms with E-state index >= 15 is 0 Å². The van der Waals surface area contributed by atoms with Crippen LogP contribution in [0.5, 0.6) is 0 Å². The number of benzene rings is 2. The van der Waals surface area contributed by atoms with E-state index in [1.165, 1.54) is 6.08 Å². The lowest BCUT2D eigenvalue weighted by Crippen LogP contribution is -2.08. The van der Waals surface area contributed by atoms with Crippen LogP contribution >= 0.6 is 27.5 Å². The number of hydrogen-bond acceptors (Lipinski definition) is 1. The van der Waals surface area contributed by atoms with E-state index in [-0.39, 0.29) is 5.91 Å². The fraction of sp³-hybridized carbons (Fsp3) is 0.0625. The number of carbonyl (C=O) groups is 1. The second-order valence-electron chi connectivity index (χ2n) is 4.30. The average molecular weight is 351 g/mol. The lowest BCUT2D eigenvalue weighted by atomic mass is 10.2. The molecule has 0 atom stereocenters. The summed E-state index contributed by atoms with van der Waals surface area (Å²) in [4.78, 5) is 11.9. The van der Waals surface area contributed by atoms with Gasteiger partial charge >= 0.3 is 0 Å². The highest BCUT2D eigenvalue weighted by atomic mass is 79.9. The lowest BCUT2D eigenvalue weighted by molar-refractivity contribution is -0.111. The molecule has 0 radical (unpaired) electrons. The SMILES string of the molecule is Cc1cc(Br)ccc1NC(=O)/C=C/c1ccccc1Cl. The normalized spacial score (nSPS) is 10.8. The molecular weight excluding hydrogens is 338 g/mol. The second kappa shape index (κ2) is 6.73. The smallest absolute Gasteiger partial charge is 0.248 e. The largest absolute Gasteiger partial charge is 0.322 e. The quantitative estimate of drug-likeness (QED) is 0.770. The summed E-state index contributed by atoms with van der Waals surface area (Å²) in [6.45, 7) is 1.94. The van der Waals surface area contributed by atoms with Crippen molar-refractivity contribution in [1.29, 1.82) is 0 Å². The van der Waals surface area contributed by atoms with Crippen LogP contribution in [0.15, 0.2) is 53.0 Å². The first kappa shape index (κ1) is 14.8. The molecule has 0 bridgehead atoms. The third-order valence-corrected chi connectivity index (χ3v) is 3.60. The van der Waals surface area contributed by atoms with E-state index in [2.05, 4.69) is 21.2 Å². The second-order valence-corrected chi connectivity index (χ2v) is 5.63. The van der Waals surface area contributed by atoms with Crippen LogP contribution in [0, 0.1) is 6.92 Å². The summed E-state index contributed by atoms with van der Waals surface area (Å²) < 4.78 is 0.986. The van der Waals surface area contributed by atoms with Gasteiger partial charge in [-0.3, -0.25) is 4.79 Å². The molecule has 0 saturated carbocycles. The van der Waals surface area contributed by atoms with Crippen molar-refractivity contribution < 1.29 is 4.79 Å². The van der Waals surface area contributed by atoms with E-state index in [0.29, 0.717) is 5.02 Å². The molecule has 2 nitrogen and oxygen atoms in total. The van der Waals surface area contributed by atoms with Crippen molar-refractivity contribution in [3.8, 4) is 0 Å². The Balaban J connectivity index is 2.08. The Labute approximate surface area is 131 Å². The molecule has 0 aliphatic rings. The van der Waals surface area contributed by atoms with E-state index < -0.39 is 0 Å². The van der Waals surface area contributed by atoms with Gasteiger partial charge in [-0.2, -0.15) is 0 Å². The minimum atomic E-state index is -0.185. The van der Waals surface area contributed by atoms with Gasteiger partial charge in [-0.15, -0.1) is 0 Å². The van der Waals surface area contributed by atoms with Crippen LogP contribution in [-0.4, -0.2) is 5.91 Å². The maximum atomic E-state index is 11.9. The van der Waals surface area contributed by atoms with Gasteiger partial charge in [-0.1, -0.05) is 45.7 Å². The lowest BCUT2D eigenvalue weighted by Gasteiger charge is -2.06. The van der Waals surface area contributed by atoms with Crippen LogP contribution < -0.4 is 5.32 Å². The van der Waals surface area contributed by atoms with Crippen molar-refractivity contribution in [3.05, 3.63) is 69.2 Å². The maximum Gasteiger partial charge on any atom is 0.248 e. The zero-order valence-corrected chi connectivity index (χ0v) is 13.2. The van der Waals surface area contributed by atoms with Gasteiger partial charge in [0.15, 0.2) is 0 Å². The molecule has 2 aromatic carbocycles. The number of nitrogens with one attached hydrogen (secondary N) is 1. The average Bonchev–Trinajstić information content (AvgIpc) is 2.41. The summed E-state index contributed by atoms with van der Waals surface area (Å²) in [5, 5.41) is 3.46. The highest BCUT2D eigenvalue weighted by Gasteiger charge is 2.02. The number of halogens is 2. The molecule has 20 heavy (non-hydrogen) atoms. The summed E-state index contributed by atoms with van der Waals surface area (Å²) in [7, 11) is 0. The summed E-state index contributed by atoms with van der Waals surface area (Å²) in [5.74, 6) is -0.185. The van der Waals surface area contributed by atoms with Gasteiger partial charge in [0.2, 0.25) is 5.91 Å². The van der Waals surface area contributed by atoms with Gasteiger partial charge in [0, 0.05) is 21.3 Å². The van der Waals surface area contributed by atoms with Gasteiger partial charge in [-0.25, -0.2) is 0 Å². The van der Waals surface area contributed by atoms with Crippen molar-refractivity contribution in [2.75, 3.05) is 5.32 Å². The summed E-state index contributed by atoms with van der Waals surface area (Å²) in [6, 6.07) is 13.1. The Morgan fingerprint density at radius 2 is 2.00 bits per heavy atom. The van der Waals surface area contributed by atoms with Crippen LogP contribution in [-0.2, 0) is 4.79 Å². The number of carbonyl (C=O) groups excluding carboxylic acids is 1. The van der Waals surface area contributed by atoms with Crippen LogP contribution in [0.1, 0.15) is 11.1 Å². The molecule has 0 aliphatic carbocycles. The van der Waals surface area contributed by atoms with E-state index in [0.717, 1.165) is 21.3 Å². The molecule has 102 valence electrons. The number of rotatable bonds is 3. The van der Waals surface area contributed by atoms with Crippen molar-refractivity contribution in [2.45, 2.75) is 6.92 Å². The first-order chi connectivity index (χ1) is 9.56. The number of hydrogen-bond donors (Lipinski definition) is 1. The van der Waals surface area contributed by atoms with Crippen molar-refractivity contribution in [1.82, 2.24) is 0 Å². The van der Waals surface area contributed by atoms with Gasteiger partial charge in [0.1, 0.15) is 0 Å². The Hall–Kier alpha value is -1.58. The van der Waals surface area contributed by atoms with Crippen LogP contribution in [0.25, 0.3) is 6.08 Å². The monoisotopic (exact) mass is 349 g/mol. The Morgan fingerprint density at radius 3 is 2.70 bits per heavy atom. The van der Waals surface area contributed by atoms with Gasteiger partial charge < -0.3 is 5.32 Å². The molecule has 0 saturated heterocycles. The molecule has 1 N–H and O–H groups in total. The highest BCUT2D eigenvalue weighted by molar-refractivity contribution is 9.10. The molecule has 2 rings (SSSR count). The number of anilines is 1. The minimum Gasteiger partial charge on any atom is -0.322 e. The zero-order valence-electron chi connectivity index (χ0n) is 10.9. The number of aryl methyl sites for hydroxylation is 1. The third-order valence-electron chi connectivity index (χ3n) is 2.77. The van der Waals surface area contributed by atoms with E-state index in [9.17, 15) is 4.79 Å². The van der Waals surface area contributed by atoms with Crippen LogP contribution in [0.3, 0.4) is 0 Å². The first-order valence-corrected chi connectivity index (χ1v) is 7.23. The first-order valence-electron chi connectivity index (χ1n) is 6.06. The summed E-state index contributed by atoms with van der Waals surface area (Å²) in [5.41, 5.74) is 2.61. The predicted molar refractivity (Wildman–Crippen MR) is 88.0 cm³/mol. The molecular formula is C16H13BrClNO. The van der Waals surface area contributed by atoms with Gasteiger partial charge in [0.25, 0.3) is 0 Å². The molecule has 0 heterocycles.